The van der Waals surface area contributed by atoms with E-state index in [9.17, 15) is 5.11 Å². The number of nitrogens with zero attached hydrogens (tertiary/aromatic N) is 3. The zero-order valence-electron chi connectivity index (χ0n) is 9.09. The van der Waals surface area contributed by atoms with E-state index in [0.717, 1.165) is 5.56 Å². The van der Waals surface area contributed by atoms with E-state index in [1.54, 1.807) is 24.1 Å². The summed E-state index contributed by atoms with van der Waals surface area (Å²) in [6, 6.07) is 0. The van der Waals surface area contributed by atoms with Gasteiger partial charge in [0.15, 0.2) is 0 Å². The number of aliphatic hydroxyl groups excluding tert-OH is 1. The minimum atomic E-state index is -0.644. The molecule has 0 spiro atoms. The van der Waals surface area contributed by atoms with Gasteiger partial charge in [-0.05, 0) is 0 Å². The first kappa shape index (κ1) is 12.3. The molecule has 0 aromatic carbocycles. The molecule has 5 N–H and O–H groups in total. The average molecular weight is 224 g/mol. The monoisotopic (exact) mass is 224 g/mol. The largest absolute Gasteiger partial charge is 0.386 e. The highest BCUT2D eigenvalue weighted by Crippen LogP contribution is 2.09. The molecule has 1 aromatic heterocycles. The Morgan fingerprint density at radius 2 is 2.62 bits per heavy atom. The SMILES string of the molecule is Cn1cc(C(O)CN/C=C(/CN)N=N)cn1. The molecule has 1 aromatic rings. The van der Waals surface area contributed by atoms with Crippen molar-refractivity contribution in [2.24, 2.45) is 17.9 Å². The quantitative estimate of drug-likeness (QED) is 0.504. The molecule has 1 atom stereocenters. The number of hydrogen-bond acceptors (Lipinski definition) is 6. The Balaban J connectivity index is 2.44. The molecule has 16 heavy (non-hydrogen) atoms. The minimum Gasteiger partial charge on any atom is -0.386 e. The van der Waals surface area contributed by atoms with Gasteiger partial charge in [-0.3, -0.25) is 4.68 Å². The van der Waals surface area contributed by atoms with Gasteiger partial charge in [-0.2, -0.15) is 10.2 Å². The minimum absolute atomic E-state index is 0.194. The van der Waals surface area contributed by atoms with E-state index >= 15 is 0 Å². The van der Waals surface area contributed by atoms with Crippen LogP contribution < -0.4 is 11.1 Å². The van der Waals surface area contributed by atoms with Crippen molar-refractivity contribution in [1.82, 2.24) is 15.1 Å². The predicted octanol–water partition coefficient (Wildman–Crippen LogP) is -0.126. The summed E-state index contributed by atoms with van der Waals surface area (Å²) in [5.74, 6) is 0. The lowest BCUT2D eigenvalue weighted by atomic mass is 10.2. The predicted molar refractivity (Wildman–Crippen MR) is 58.5 cm³/mol. The summed E-state index contributed by atoms with van der Waals surface area (Å²) in [6.45, 7) is 0.518. The first-order valence-electron chi connectivity index (χ1n) is 4.84. The lowest BCUT2D eigenvalue weighted by molar-refractivity contribution is 0.179. The highest BCUT2D eigenvalue weighted by molar-refractivity contribution is 5.08. The van der Waals surface area contributed by atoms with E-state index in [4.69, 9.17) is 11.3 Å². The maximum atomic E-state index is 9.74. The molecular formula is C9H16N6O. The Kier molecular flexibility index (Phi) is 4.62. The molecule has 0 fully saturated rings. The molecule has 1 heterocycles. The van der Waals surface area contributed by atoms with Crippen LogP contribution in [0.15, 0.2) is 29.4 Å². The fourth-order valence-corrected chi connectivity index (χ4v) is 1.16. The summed E-state index contributed by atoms with van der Waals surface area (Å²) in [5.41, 5.74) is 13.3. The zero-order valence-corrected chi connectivity index (χ0v) is 9.09. The maximum absolute atomic E-state index is 9.74. The second-order valence-electron chi connectivity index (χ2n) is 3.32. The van der Waals surface area contributed by atoms with Gasteiger partial charge in [-0.15, -0.1) is 0 Å². The summed E-state index contributed by atoms with van der Waals surface area (Å²) in [5, 5.41) is 19.8. The number of nitrogens with two attached hydrogens (primary N) is 1. The molecule has 0 aliphatic carbocycles. The number of aliphatic hydroxyl groups is 1. The van der Waals surface area contributed by atoms with Crippen LogP contribution in [0.25, 0.3) is 0 Å². The molecule has 7 heteroatoms. The molecule has 0 saturated heterocycles. The molecule has 7 nitrogen and oxygen atoms in total. The van der Waals surface area contributed by atoms with Crippen molar-refractivity contribution >= 4 is 0 Å². The van der Waals surface area contributed by atoms with E-state index in [0.29, 0.717) is 12.2 Å². The first-order valence-corrected chi connectivity index (χ1v) is 4.84. The van der Waals surface area contributed by atoms with Crippen LogP contribution in [0.5, 0.6) is 0 Å². The van der Waals surface area contributed by atoms with Crippen LogP contribution in [-0.2, 0) is 7.05 Å². The van der Waals surface area contributed by atoms with Crippen molar-refractivity contribution in [1.29, 1.82) is 5.53 Å². The summed E-state index contributed by atoms with van der Waals surface area (Å²) in [6.07, 6.45) is 4.23. The van der Waals surface area contributed by atoms with Crippen LogP contribution in [0, 0.1) is 5.53 Å². The van der Waals surface area contributed by atoms with Gasteiger partial charge in [0.25, 0.3) is 0 Å². The number of hydrogen-bond donors (Lipinski definition) is 4. The Labute approximate surface area is 93.5 Å². The molecule has 1 unspecified atom stereocenters. The van der Waals surface area contributed by atoms with E-state index in [1.807, 2.05) is 0 Å². The molecule has 88 valence electrons. The van der Waals surface area contributed by atoms with Crippen LogP contribution in [0.3, 0.4) is 0 Å². The van der Waals surface area contributed by atoms with Gasteiger partial charge in [0.05, 0.1) is 18.0 Å². The van der Waals surface area contributed by atoms with E-state index in [-0.39, 0.29) is 6.54 Å². The molecule has 0 aliphatic heterocycles. The van der Waals surface area contributed by atoms with Gasteiger partial charge in [0.1, 0.15) is 0 Å². The second-order valence-corrected chi connectivity index (χ2v) is 3.32. The topological polar surface area (TPSA) is 112 Å². The Morgan fingerprint density at radius 3 is 3.12 bits per heavy atom. The van der Waals surface area contributed by atoms with Crippen molar-refractivity contribution in [2.45, 2.75) is 6.10 Å². The van der Waals surface area contributed by atoms with Crippen LogP contribution in [-0.4, -0.2) is 28.0 Å². The van der Waals surface area contributed by atoms with Crippen LogP contribution in [0.2, 0.25) is 0 Å². The summed E-state index contributed by atoms with van der Waals surface area (Å²) in [7, 11) is 1.79. The highest BCUT2D eigenvalue weighted by atomic mass is 16.3. The van der Waals surface area contributed by atoms with Gasteiger partial charge in [-0.25, -0.2) is 5.53 Å². The third kappa shape index (κ3) is 3.44. The van der Waals surface area contributed by atoms with Gasteiger partial charge in [0.2, 0.25) is 0 Å². The molecule has 0 bridgehead atoms. The van der Waals surface area contributed by atoms with Crippen molar-refractivity contribution in [3.63, 3.8) is 0 Å². The summed E-state index contributed by atoms with van der Waals surface area (Å²) < 4.78 is 1.62. The molecular weight excluding hydrogens is 208 g/mol. The third-order valence-electron chi connectivity index (χ3n) is 2.04. The van der Waals surface area contributed by atoms with Crippen molar-refractivity contribution in [3.8, 4) is 0 Å². The number of rotatable bonds is 6. The molecule has 0 radical (unpaired) electrons. The van der Waals surface area contributed by atoms with Gasteiger partial charge in [-0.1, -0.05) is 0 Å². The van der Waals surface area contributed by atoms with Crippen molar-refractivity contribution in [3.05, 3.63) is 29.9 Å². The second kappa shape index (κ2) is 5.99. The Morgan fingerprint density at radius 1 is 1.88 bits per heavy atom. The summed E-state index contributed by atoms with van der Waals surface area (Å²) in [4.78, 5) is 0. The van der Waals surface area contributed by atoms with Crippen LogP contribution in [0.4, 0.5) is 0 Å². The number of aryl methyl sites for hydroxylation is 1. The standard InChI is InChI=1S/C9H16N6O/c1-15-6-7(3-13-15)9(16)5-12-4-8(2-10)14-11/h3-4,6,9,11-12,16H,2,5,10H2,1H3/b8-4-,14-11?. The Bertz CT molecular complexity index is 372. The molecule has 0 saturated carbocycles. The molecule has 0 amide bonds. The molecule has 0 aliphatic rings. The fraction of sp³-hybridized carbons (Fsp3) is 0.444. The zero-order chi connectivity index (χ0) is 12.0. The number of nitrogens with one attached hydrogen (secondary N) is 2. The van der Waals surface area contributed by atoms with Crippen molar-refractivity contribution < 1.29 is 5.11 Å². The van der Waals surface area contributed by atoms with Crippen LogP contribution in [0.1, 0.15) is 11.7 Å². The van der Waals surface area contributed by atoms with Gasteiger partial charge < -0.3 is 16.2 Å². The smallest absolute Gasteiger partial charge is 0.0992 e. The van der Waals surface area contributed by atoms with E-state index < -0.39 is 6.10 Å². The summed E-state index contributed by atoms with van der Waals surface area (Å²) >= 11 is 0. The Hall–Kier alpha value is -1.73. The normalized spacial score (nSPS) is 13.6. The average Bonchev–Trinajstić information content (AvgIpc) is 2.71. The van der Waals surface area contributed by atoms with Gasteiger partial charge >= 0.3 is 0 Å². The maximum Gasteiger partial charge on any atom is 0.0992 e. The fourth-order valence-electron chi connectivity index (χ4n) is 1.16. The first-order chi connectivity index (χ1) is 7.67. The molecule has 1 rings (SSSR count). The highest BCUT2D eigenvalue weighted by Gasteiger charge is 2.07. The lowest BCUT2D eigenvalue weighted by Crippen LogP contribution is -2.17. The third-order valence-corrected chi connectivity index (χ3v) is 2.04. The van der Waals surface area contributed by atoms with Gasteiger partial charge in [0, 0.05) is 38.1 Å². The van der Waals surface area contributed by atoms with E-state index in [1.165, 1.54) is 6.20 Å². The van der Waals surface area contributed by atoms with E-state index in [2.05, 4.69) is 15.5 Å². The lowest BCUT2D eigenvalue weighted by Gasteiger charge is -2.08. The van der Waals surface area contributed by atoms with Crippen molar-refractivity contribution in [2.75, 3.05) is 13.1 Å². The van der Waals surface area contributed by atoms with Crippen LogP contribution >= 0.6 is 0 Å². The number of aromatic nitrogens is 2.